The van der Waals surface area contributed by atoms with Crippen LogP contribution in [0.15, 0.2) is 10.2 Å². The number of piperazine rings is 1. The van der Waals surface area contributed by atoms with Crippen LogP contribution in [-0.2, 0) is 4.74 Å². The van der Waals surface area contributed by atoms with Gasteiger partial charge in [-0.3, -0.25) is 14.9 Å². The predicted octanol–water partition coefficient (Wildman–Crippen LogP) is 1.98. The Kier molecular flexibility index (Phi) is 6.70. The van der Waals surface area contributed by atoms with Gasteiger partial charge in [0.2, 0.25) is 0 Å². The fraction of sp³-hybridized carbons (Fsp3) is 0.895. The summed E-state index contributed by atoms with van der Waals surface area (Å²) in [4.78, 5) is 2.68. The van der Waals surface area contributed by atoms with Crippen molar-refractivity contribution in [3.63, 3.8) is 0 Å². The highest BCUT2D eigenvalue weighted by Gasteiger charge is 2.42. The van der Waals surface area contributed by atoms with E-state index in [0.717, 1.165) is 64.4 Å². The highest BCUT2D eigenvalue weighted by molar-refractivity contribution is 5.60. The van der Waals surface area contributed by atoms with Gasteiger partial charge in [-0.2, -0.15) is 10.2 Å². The summed E-state index contributed by atoms with van der Waals surface area (Å²) in [5.74, 6) is 1.96. The first kappa shape index (κ1) is 18.6. The number of ether oxygens (including phenoxy) is 1. The number of morpholine rings is 1. The number of nitrogens with zero attached hydrogens (tertiary/aromatic N) is 5. The summed E-state index contributed by atoms with van der Waals surface area (Å²) < 4.78 is 5.36. The van der Waals surface area contributed by atoms with Gasteiger partial charge in [-0.05, 0) is 30.6 Å². The Morgan fingerprint density at radius 3 is 2.24 bits per heavy atom. The fourth-order valence-electron chi connectivity index (χ4n) is 3.73. The van der Waals surface area contributed by atoms with E-state index in [9.17, 15) is 0 Å². The van der Waals surface area contributed by atoms with Crippen LogP contribution in [0.25, 0.3) is 0 Å². The molecule has 6 heteroatoms. The molecule has 0 spiro atoms. The topological polar surface area (TPSA) is 43.7 Å². The molecule has 3 rings (SSSR count). The zero-order valence-corrected chi connectivity index (χ0v) is 16.2. The number of hydrazone groups is 2. The minimum atomic E-state index is 0.534. The number of rotatable bonds is 7. The van der Waals surface area contributed by atoms with Gasteiger partial charge in [-0.25, -0.2) is 0 Å². The molecule has 0 aromatic carbocycles. The van der Waals surface area contributed by atoms with Gasteiger partial charge in [-0.15, -0.1) is 0 Å². The molecule has 3 aliphatic rings. The third kappa shape index (κ3) is 5.96. The molecule has 3 atom stereocenters. The van der Waals surface area contributed by atoms with E-state index < -0.39 is 0 Å². The second-order valence-corrected chi connectivity index (χ2v) is 8.10. The summed E-state index contributed by atoms with van der Waals surface area (Å²) in [5, 5.41) is 13.6. The Morgan fingerprint density at radius 1 is 0.920 bits per heavy atom. The molecule has 2 heterocycles. The van der Waals surface area contributed by atoms with Crippen molar-refractivity contribution in [3.05, 3.63) is 0 Å². The average Bonchev–Trinajstić information content (AvgIpc) is 3.38. The van der Waals surface area contributed by atoms with Crippen LogP contribution in [0.5, 0.6) is 0 Å². The van der Waals surface area contributed by atoms with Gasteiger partial charge < -0.3 is 4.74 Å². The van der Waals surface area contributed by atoms with Gasteiger partial charge in [0.25, 0.3) is 0 Å². The molecule has 6 nitrogen and oxygen atoms in total. The highest BCUT2D eigenvalue weighted by Crippen LogP contribution is 2.40. The summed E-state index contributed by atoms with van der Waals surface area (Å²) >= 11 is 0. The van der Waals surface area contributed by atoms with Gasteiger partial charge >= 0.3 is 0 Å². The molecular formula is C19H35N5O. The molecule has 0 aromatic rings. The molecule has 2 saturated heterocycles. The van der Waals surface area contributed by atoms with E-state index in [1.807, 2.05) is 0 Å². The Bertz CT molecular complexity index is 453. The fourth-order valence-corrected chi connectivity index (χ4v) is 3.73. The van der Waals surface area contributed by atoms with Crippen molar-refractivity contribution in [2.24, 2.45) is 28.0 Å². The molecule has 25 heavy (non-hydrogen) atoms. The highest BCUT2D eigenvalue weighted by atomic mass is 16.5. The van der Waals surface area contributed by atoms with Crippen LogP contribution in [0.3, 0.4) is 0 Å². The van der Waals surface area contributed by atoms with Crippen LogP contribution in [0.2, 0.25) is 0 Å². The molecule has 2 aliphatic heterocycles. The van der Waals surface area contributed by atoms with Crippen molar-refractivity contribution in [1.29, 1.82) is 0 Å². The summed E-state index contributed by atoms with van der Waals surface area (Å²) in [6.45, 7) is 14.6. The molecule has 142 valence electrons. The standard InChI is InChI=1S/C19H35N5O/c1-16(2)14-20-23-6-4-22(5-7-23)19-13-18(19)12-17(3)15-21-24-8-10-25-11-9-24/h14-19H,4-13H2,1-3H3/b20-14+,21-15+. The van der Waals surface area contributed by atoms with E-state index in [2.05, 4.69) is 58.3 Å². The van der Waals surface area contributed by atoms with Crippen LogP contribution in [0.1, 0.15) is 33.6 Å². The maximum atomic E-state index is 5.36. The number of hydrogen-bond donors (Lipinski definition) is 0. The number of hydrogen-bond acceptors (Lipinski definition) is 6. The van der Waals surface area contributed by atoms with Crippen molar-refractivity contribution >= 4 is 12.4 Å². The molecule has 1 aliphatic carbocycles. The lowest BCUT2D eigenvalue weighted by atomic mass is 10.1. The average molecular weight is 350 g/mol. The second kappa shape index (κ2) is 8.99. The predicted molar refractivity (Wildman–Crippen MR) is 103 cm³/mol. The molecule has 3 fully saturated rings. The quantitative estimate of drug-likeness (QED) is 0.659. The lowest BCUT2D eigenvalue weighted by Gasteiger charge is -2.33. The van der Waals surface area contributed by atoms with E-state index in [0.29, 0.717) is 11.8 Å². The van der Waals surface area contributed by atoms with Crippen molar-refractivity contribution < 1.29 is 4.74 Å². The van der Waals surface area contributed by atoms with Gasteiger partial charge in [-0.1, -0.05) is 20.8 Å². The van der Waals surface area contributed by atoms with Crippen molar-refractivity contribution in [2.45, 2.75) is 39.7 Å². The van der Waals surface area contributed by atoms with Gasteiger partial charge in [0.05, 0.1) is 26.3 Å². The van der Waals surface area contributed by atoms with Gasteiger partial charge in [0, 0.05) is 44.7 Å². The lowest BCUT2D eigenvalue weighted by Crippen LogP contribution is -2.45. The molecule has 0 radical (unpaired) electrons. The Balaban J connectivity index is 1.33. The van der Waals surface area contributed by atoms with E-state index >= 15 is 0 Å². The normalized spacial score (nSPS) is 29.9. The zero-order valence-electron chi connectivity index (χ0n) is 16.2. The third-order valence-corrected chi connectivity index (χ3v) is 5.32. The molecule has 3 unspecified atom stereocenters. The van der Waals surface area contributed by atoms with E-state index in [1.165, 1.54) is 12.8 Å². The maximum Gasteiger partial charge on any atom is 0.0659 e. The summed E-state index contributed by atoms with van der Waals surface area (Å²) in [5.41, 5.74) is 0. The van der Waals surface area contributed by atoms with Gasteiger partial charge in [0.1, 0.15) is 0 Å². The van der Waals surface area contributed by atoms with Crippen LogP contribution < -0.4 is 0 Å². The minimum Gasteiger partial charge on any atom is -0.378 e. The van der Waals surface area contributed by atoms with Crippen LogP contribution in [-0.4, -0.2) is 85.9 Å². The zero-order chi connectivity index (χ0) is 17.6. The Morgan fingerprint density at radius 2 is 1.56 bits per heavy atom. The largest absolute Gasteiger partial charge is 0.378 e. The van der Waals surface area contributed by atoms with Crippen molar-refractivity contribution in [2.75, 3.05) is 52.5 Å². The lowest BCUT2D eigenvalue weighted by molar-refractivity contribution is 0.0394. The monoisotopic (exact) mass is 349 g/mol. The van der Waals surface area contributed by atoms with Crippen molar-refractivity contribution in [3.8, 4) is 0 Å². The third-order valence-electron chi connectivity index (χ3n) is 5.32. The molecular weight excluding hydrogens is 314 g/mol. The molecule has 0 bridgehead atoms. The molecule has 0 amide bonds. The van der Waals surface area contributed by atoms with E-state index in [-0.39, 0.29) is 0 Å². The minimum absolute atomic E-state index is 0.534. The van der Waals surface area contributed by atoms with Crippen LogP contribution in [0.4, 0.5) is 0 Å². The Hall–Kier alpha value is -1.14. The van der Waals surface area contributed by atoms with Crippen LogP contribution in [0, 0.1) is 17.8 Å². The molecule has 1 saturated carbocycles. The van der Waals surface area contributed by atoms with Crippen LogP contribution >= 0.6 is 0 Å². The summed E-state index contributed by atoms with van der Waals surface area (Å²) in [7, 11) is 0. The van der Waals surface area contributed by atoms with Crippen molar-refractivity contribution in [1.82, 2.24) is 14.9 Å². The Labute approximate surface area is 152 Å². The summed E-state index contributed by atoms with van der Waals surface area (Å²) in [6, 6.07) is 0.801. The first-order valence-electron chi connectivity index (χ1n) is 10.0. The smallest absolute Gasteiger partial charge is 0.0659 e. The first-order valence-corrected chi connectivity index (χ1v) is 10.0. The van der Waals surface area contributed by atoms with E-state index in [1.54, 1.807) is 0 Å². The molecule has 0 aromatic heterocycles. The van der Waals surface area contributed by atoms with E-state index in [4.69, 9.17) is 4.74 Å². The summed E-state index contributed by atoms with van der Waals surface area (Å²) in [6.07, 6.45) is 6.85. The maximum absolute atomic E-state index is 5.36. The van der Waals surface area contributed by atoms with Gasteiger partial charge in [0.15, 0.2) is 0 Å². The molecule has 0 N–H and O–H groups in total. The second-order valence-electron chi connectivity index (χ2n) is 8.10. The SMILES string of the molecule is CC(C)/C=N/N1CCN(C2CC2CC(C)/C=N/N2CCOCC2)CC1. The first-order chi connectivity index (χ1) is 12.1.